The van der Waals surface area contributed by atoms with E-state index in [1.165, 1.54) is 24.3 Å². The third-order valence-electron chi connectivity index (χ3n) is 3.10. The highest BCUT2D eigenvalue weighted by atomic mass is 35.5. The second-order valence-corrected chi connectivity index (χ2v) is 4.63. The predicted molar refractivity (Wildman–Crippen MR) is 85.7 cm³/mol. The molecule has 0 bridgehead atoms. The molecule has 0 saturated heterocycles. The summed E-state index contributed by atoms with van der Waals surface area (Å²) in [6.07, 6.45) is 0.390. The predicted octanol–water partition coefficient (Wildman–Crippen LogP) is 2.26. The lowest BCUT2D eigenvalue weighted by molar-refractivity contribution is 0.0687. The van der Waals surface area contributed by atoms with Crippen LogP contribution in [0, 0.1) is 0 Å². The average Bonchev–Trinajstić information content (AvgIpc) is 2.42. The Morgan fingerprint density at radius 1 is 0.818 bits per heavy atom. The van der Waals surface area contributed by atoms with Gasteiger partial charge in [-0.3, -0.25) is 0 Å². The maximum atomic E-state index is 11.0. The fourth-order valence-electron chi connectivity index (χ4n) is 2.03. The van der Waals surface area contributed by atoms with Gasteiger partial charge >= 0.3 is 11.9 Å². The molecule has 0 amide bonds. The minimum atomic E-state index is -1.10. The van der Waals surface area contributed by atoms with Crippen molar-refractivity contribution in [3.8, 4) is 0 Å². The average molecular weight is 323 g/mol. The summed E-state index contributed by atoms with van der Waals surface area (Å²) >= 11 is 0. The molecule has 0 aliphatic carbocycles. The minimum absolute atomic E-state index is 0. The number of aromatic carboxylic acids is 2. The number of nitrogen functional groups attached to an aromatic ring is 2. The van der Waals surface area contributed by atoms with Gasteiger partial charge in [0.1, 0.15) is 0 Å². The highest BCUT2D eigenvalue weighted by Gasteiger charge is 2.11. The van der Waals surface area contributed by atoms with Crippen LogP contribution in [0.5, 0.6) is 0 Å². The van der Waals surface area contributed by atoms with Gasteiger partial charge < -0.3 is 21.7 Å². The quantitative estimate of drug-likeness (QED) is 0.639. The lowest BCUT2D eigenvalue weighted by atomic mass is 9.99. The van der Waals surface area contributed by atoms with Crippen LogP contribution in [0.15, 0.2) is 36.4 Å². The molecule has 0 fully saturated rings. The zero-order chi connectivity index (χ0) is 15.6. The fraction of sp³-hybridized carbons (Fsp3) is 0.0667. The zero-order valence-electron chi connectivity index (χ0n) is 11.4. The lowest BCUT2D eigenvalue weighted by Crippen LogP contribution is -2.05. The molecule has 116 valence electrons. The Labute approximate surface area is 132 Å². The van der Waals surface area contributed by atoms with Crippen LogP contribution in [0.25, 0.3) is 0 Å². The fourth-order valence-corrected chi connectivity index (χ4v) is 2.03. The molecule has 0 saturated carbocycles. The van der Waals surface area contributed by atoms with Gasteiger partial charge in [0.25, 0.3) is 0 Å². The number of benzene rings is 2. The van der Waals surface area contributed by atoms with Crippen molar-refractivity contribution in [1.82, 2.24) is 0 Å². The summed E-state index contributed by atoms with van der Waals surface area (Å²) in [6, 6.07) is 9.42. The Balaban J connectivity index is 0.00000242. The van der Waals surface area contributed by atoms with Crippen LogP contribution in [-0.2, 0) is 6.42 Å². The molecule has 0 spiro atoms. The number of halogens is 1. The van der Waals surface area contributed by atoms with Gasteiger partial charge in [0.05, 0.1) is 11.1 Å². The highest BCUT2D eigenvalue weighted by Crippen LogP contribution is 2.20. The van der Waals surface area contributed by atoms with Crippen molar-refractivity contribution in [2.24, 2.45) is 0 Å². The first kappa shape index (κ1) is 17.3. The Morgan fingerprint density at radius 2 is 1.18 bits per heavy atom. The van der Waals surface area contributed by atoms with E-state index in [0.29, 0.717) is 6.42 Å². The van der Waals surface area contributed by atoms with Crippen molar-refractivity contribution in [2.75, 3.05) is 11.5 Å². The largest absolute Gasteiger partial charge is 0.478 e. The monoisotopic (exact) mass is 322 g/mol. The number of anilines is 2. The number of nitrogens with two attached hydrogens (primary N) is 2. The van der Waals surface area contributed by atoms with Crippen LogP contribution in [0.1, 0.15) is 31.8 Å². The lowest BCUT2D eigenvalue weighted by Gasteiger charge is -2.08. The molecule has 0 aromatic heterocycles. The van der Waals surface area contributed by atoms with Gasteiger partial charge in [-0.25, -0.2) is 9.59 Å². The molecule has 0 atom stereocenters. The third-order valence-corrected chi connectivity index (χ3v) is 3.10. The van der Waals surface area contributed by atoms with E-state index in [1.54, 1.807) is 12.1 Å². The summed E-state index contributed by atoms with van der Waals surface area (Å²) < 4.78 is 0. The van der Waals surface area contributed by atoms with Crippen molar-refractivity contribution in [1.29, 1.82) is 0 Å². The molecule has 0 aliphatic rings. The first-order valence-corrected chi connectivity index (χ1v) is 6.12. The van der Waals surface area contributed by atoms with Crippen molar-refractivity contribution in [3.05, 3.63) is 58.7 Å². The van der Waals surface area contributed by atoms with Gasteiger partial charge in [-0.1, -0.05) is 12.1 Å². The Morgan fingerprint density at radius 3 is 1.50 bits per heavy atom. The van der Waals surface area contributed by atoms with E-state index in [4.69, 9.17) is 21.7 Å². The highest BCUT2D eigenvalue weighted by molar-refractivity contribution is 5.94. The molecule has 0 unspecified atom stereocenters. The van der Waals surface area contributed by atoms with Gasteiger partial charge in [0, 0.05) is 11.4 Å². The smallest absolute Gasteiger partial charge is 0.337 e. The SMILES string of the molecule is Cl.Nc1ccc(Cc2ccc(N)c(C(=O)O)c2)cc1C(=O)O. The Bertz CT molecular complexity index is 670. The van der Waals surface area contributed by atoms with Crippen molar-refractivity contribution in [3.63, 3.8) is 0 Å². The van der Waals surface area contributed by atoms with Crippen LogP contribution in [-0.4, -0.2) is 22.2 Å². The maximum absolute atomic E-state index is 11.0. The maximum Gasteiger partial charge on any atom is 0.337 e. The molecular weight excluding hydrogens is 308 g/mol. The second-order valence-electron chi connectivity index (χ2n) is 4.63. The van der Waals surface area contributed by atoms with Gasteiger partial charge in [-0.2, -0.15) is 0 Å². The van der Waals surface area contributed by atoms with Crippen LogP contribution in [0.4, 0.5) is 11.4 Å². The van der Waals surface area contributed by atoms with Gasteiger partial charge in [0.15, 0.2) is 0 Å². The summed E-state index contributed by atoms with van der Waals surface area (Å²) in [4.78, 5) is 22.1. The Kier molecular flexibility index (Phi) is 5.37. The minimum Gasteiger partial charge on any atom is -0.478 e. The molecule has 6 N–H and O–H groups in total. The summed E-state index contributed by atoms with van der Waals surface area (Å²) in [5.74, 6) is -2.20. The molecule has 7 heteroatoms. The van der Waals surface area contributed by atoms with Crippen LogP contribution in [0.3, 0.4) is 0 Å². The van der Waals surface area contributed by atoms with Crippen LogP contribution < -0.4 is 11.5 Å². The number of hydrogen-bond acceptors (Lipinski definition) is 4. The van der Waals surface area contributed by atoms with Crippen molar-refractivity contribution >= 4 is 35.7 Å². The number of carbonyl (C=O) groups is 2. The van der Waals surface area contributed by atoms with E-state index in [9.17, 15) is 9.59 Å². The summed E-state index contributed by atoms with van der Waals surface area (Å²) in [5, 5.41) is 18.1. The molecule has 2 aromatic carbocycles. The van der Waals surface area contributed by atoms with Gasteiger partial charge in [0.2, 0.25) is 0 Å². The second kappa shape index (κ2) is 6.82. The van der Waals surface area contributed by atoms with Gasteiger partial charge in [-0.05, 0) is 41.8 Å². The number of carboxylic acid groups (broad SMARTS) is 2. The standard InChI is InChI=1S/C15H14N2O4.ClH/c16-12-3-1-8(6-10(12)14(18)19)5-9-2-4-13(17)11(7-9)15(20)21;/h1-4,6-7H,5,16-17H2,(H,18,19)(H,20,21);1H. The van der Waals surface area contributed by atoms with E-state index in [1.807, 2.05) is 0 Å². The molecule has 0 heterocycles. The number of hydrogen-bond donors (Lipinski definition) is 4. The van der Waals surface area contributed by atoms with E-state index < -0.39 is 11.9 Å². The van der Waals surface area contributed by atoms with E-state index in [-0.39, 0.29) is 34.9 Å². The molecular formula is C15H15ClN2O4. The molecule has 6 nitrogen and oxygen atoms in total. The van der Waals surface area contributed by atoms with E-state index >= 15 is 0 Å². The van der Waals surface area contributed by atoms with E-state index in [2.05, 4.69) is 0 Å². The number of carboxylic acids is 2. The molecule has 2 rings (SSSR count). The topological polar surface area (TPSA) is 127 Å². The summed E-state index contributed by atoms with van der Waals surface area (Å²) in [7, 11) is 0. The zero-order valence-corrected chi connectivity index (χ0v) is 12.3. The van der Waals surface area contributed by atoms with E-state index in [0.717, 1.165) is 11.1 Å². The van der Waals surface area contributed by atoms with Crippen LogP contribution >= 0.6 is 12.4 Å². The third kappa shape index (κ3) is 3.67. The Hall–Kier alpha value is -2.73. The molecule has 0 aliphatic heterocycles. The molecule has 2 aromatic rings. The molecule has 0 radical (unpaired) electrons. The first-order chi connectivity index (χ1) is 9.88. The van der Waals surface area contributed by atoms with Crippen molar-refractivity contribution in [2.45, 2.75) is 6.42 Å². The van der Waals surface area contributed by atoms with Gasteiger partial charge in [-0.15, -0.1) is 12.4 Å². The summed E-state index contributed by atoms with van der Waals surface area (Å²) in [6.45, 7) is 0. The number of rotatable bonds is 4. The normalized spacial score (nSPS) is 9.82. The summed E-state index contributed by atoms with van der Waals surface area (Å²) in [5.41, 5.74) is 13.1. The molecule has 22 heavy (non-hydrogen) atoms. The first-order valence-electron chi connectivity index (χ1n) is 6.12. The van der Waals surface area contributed by atoms with Crippen molar-refractivity contribution < 1.29 is 19.8 Å². The van der Waals surface area contributed by atoms with Crippen LogP contribution in [0.2, 0.25) is 0 Å².